The Balaban J connectivity index is 2.48. The number of rotatable bonds is 7. The zero-order valence-electron chi connectivity index (χ0n) is 11.9. The molecule has 112 valence electrons. The number of carbonyl (C=O) groups is 2. The van der Waals surface area contributed by atoms with E-state index in [1.165, 1.54) is 17.1 Å². The van der Waals surface area contributed by atoms with E-state index in [1.54, 1.807) is 26.1 Å². The van der Waals surface area contributed by atoms with Crippen molar-refractivity contribution >= 4 is 17.6 Å². The summed E-state index contributed by atoms with van der Waals surface area (Å²) >= 11 is 0. The Morgan fingerprint density at radius 3 is 2.76 bits per heavy atom. The number of hydrogen-bond donors (Lipinski definition) is 1. The molecule has 7 nitrogen and oxygen atoms in total. The third kappa shape index (κ3) is 5.85. The van der Waals surface area contributed by atoms with Crippen molar-refractivity contribution in [2.24, 2.45) is 10.3 Å². The van der Waals surface area contributed by atoms with Crippen LogP contribution in [0.5, 0.6) is 0 Å². The molecule has 0 spiro atoms. The van der Waals surface area contributed by atoms with Crippen LogP contribution in [0.1, 0.15) is 17.3 Å². The molecule has 1 aromatic rings. The van der Waals surface area contributed by atoms with Gasteiger partial charge in [-0.05, 0) is 25.1 Å². The Kier molecular flexibility index (Phi) is 6.06. The van der Waals surface area contributed by atoms with Crippen molar-refractivity contribution in [1.82, 2.24) is 5.01 Å². The Morgan fingerprint density at radius 1 is 1.43 bits per heavy atom. The summed E-state index contributed by atoms with van der Waals surface area (Å²) in [4.78, 5) is 22.0. The first-order chi connectivity index (χ1) is 9.90. The predicted octanol–water partition coefficient (Wildman–Crippen LogP) is 2.43. The van der Waals surface area contributed by atoms with E-state index in [2.05, 4.69) is 16.9 Å². The van der Waals surface area contributed by atoms with Gasteiger partial charge in [-0.25, -0.2) is 9.59 Å². The Bertz CT molecular complexity index is 569. The molecule has 0 radical (unpaired) electrons. The van der Waals surface area contributed by atoms with Gasteiger partial charge in [0, 0.05) is 12.6 Å². The summed E-state index contributed by atoms with van der Waals surface area (Å²) in [6, 6.07) is 6.13. The summed E-state index contributed by atoms with van der Waals surface area (Å²) in [6.07, 6.45) is 0. The highest BCUT2D eigenvalue weighted by Crippen LogP contribution is 2.14. The van der Waals surface area contributed by atoms with E-state index in [1.807, 2.05) is 0 Å². The van der Waals surface area contributed by atoms with E-state index >= 15 is 0 Å². The average molecular weight is 291 g/mol. The van der Waals surface area contributed by atoms with Gasteiger partial charge in [0.2, 0.25) is 0 Å². The molecule has 0 saturated heterocycles. The monoisotopic (exact) mass is 291 g/mol. The Labute approximate surface area is 122 Å². The van der Waals surface area contributed by atoms with Crippen molar-refractivity contribution in [2.75, 3.05) is 20.2 Å². The molecule has 0 fully saturated rings. The van der Waals surface area contributed by atoms with E-state index in [9.17, 15) is 9.59 Å². The van der Waals surface area contributed by atoms with Gasteiger partial charge in [-0.2, -0.15) is 0 Å². The van der Waals surface area contributed by atoms with Crippen LogP contribution < -0.4 is 0 Å². The molecular weight excluding hydrogens is 274 g/mol. The maximum absolute atomic E-state index is 11.2. The number of carboxylic acid groups (broad SMARTS) is 1. The maximum Gasteiger partial charge on any atom is 0.335 e. The number of carboxylic acids is 1. The predicted molar refractivity (Wildman–Crippen MR) is 76.3 cm³/mol. The van der Waals surface area contributed by atoms with Gasteiger partial charge in [0.25, 0.3) is 0 Å². The van der Waals surface area contributed by atoms with Gasteiger partial charge in [-0.3, -0.25) is 5.01 Å². The number of nitrogens with zero attached hydrogens (tertiary/aromatic N) is 3. The van der Waals surface area contributed by atoms with Crippen molar-refractivity contribution in [3.05, 3.63) is 42.0 Å². The summed E-state index contributed by atoms with van der Waals surface area (Å²) in [7, 11) is 1.67. The first-order valence-electron chi connectivity index (χ1n) is 6.19. The van der Waals surface area contributed by atoms with Crippen LogP contribution in [0.25, 0.3) is 0 Å². The van der Waals surface area contributed by atoms with Gasteiger partial charge >= 0.3 is 11.9 Å². The molecule has 0 saturated carbocycles. The first kappa shape index (κ1) is 16.4. The molecule has 1 rings (SSSR count). The topological polar surface area (TPSA) is 91.6 Å². The summed E-state index contributed by atoms with van der Waals surface area (Å²) in [6.45, 7) is 5.57. The van der Waals surface area contributed by atoms with Crippen LogP contribution in [-0.4, -0.2) is 42.3 Å². The number of ether oxygens (including phenoxy) is 1. The maximum atomic E-state index is 11.2. The van der Waals surface area contributed by atoms with Crippen LogP contribution in [0.15, 0.2) is 46.8 Å². The fourth-order valence-corrected chi connectivity index (χ4v) is 1.27. The summed E-state index contributed by atoms with van der Waals surface area (Å²) in [5, 5.41) is 18.1. The van der Waals surface area contributed by atoms with E-state index in [0.29, 0.717) is 17.8 Å². The molecule has 0 aliphatic carbocycles. The number of aromatic carboxylic acids is 1. The van der Waals surface area contributed by atoms with Crippen LogP contribution in [0.2, 0.25) is 0 Å². The third-order valence-electron chi connectivity index (χ3n) is 2.40. The highest BCUT2D eigenvalue weighted by molar-refractivity contribution is 5.88. The van der Waals surface area contributed by atoms with Gasteiger partial charge in [0.1, 0.15) is 6.61 Å². The minimum absolute atomic E-state index is 0.143. The van der Waals surface area contributed by atoms with E-state index in [0.717, 1.165) is 0 Å². The number of carbonyl (C=O) groups excluding carboxylic acids is 1. The smallest absolute Gasteiger partial charge is 0.335 e. The molecule has 21 heavy (non-hydrogen) atoms. The molecule has 7 heteroatoms. The van der Waals surface area contributed by atoms with E-state index in [-0.39, 0.29) is 12.2 Å². The third-order valence-corrected chi connectivity index (χ3v) is 2.40. The SMILES string of the molecule is C=C(C)C(=O)OCCN(C)N=Nc1cccc(C(=O)O)c1. The fourth-order valence-electron chi connectivity index (χ4n) is 1.27. The lowest BCUT2D eigenvalue weighted by molar-refractivity contribution is -0.139. The highest BCUT2D eigenvalue weighted by Gasteiger charge is 2.04. The second kappa shape index (κ2) is 7.78. The zero-order chi connectivity index (χ0) is 15.8. The molecule has 0 aliphatic rings. The molecule has 0 amide bonds. The minimum atomic E-state index is -1.02. The van der Waals surface area contributed by atoms with Gasteiger partial charge in [0.05, 0.1) is 17.8 Å². The van der Waals surface area contributed by atoms with E-state index < -0.39 is 11.9 Å². The Hall–Kier alpha value is -2.70. The van der Waals surface area contributed by atoms with Gasteiger partial charge in [0.15, 0.2) is 0 Å². The van der Waals surface area contributed by atoms with Crippen LogP contribution in [0.4, 0.5) is 5.69 Å². The standard InChI is InChI=1S/C14H17N3O4/c1-10(2)14(20)21-8-7-17(3)16-15-12-6-4-5-11(9-12)13(18)19/h4-6,9H,1,7-8H2,2-3H3,(H,18,19). The van der Waals surface area contributed by atoms with Crippen LogP contribution in [0.3, 0.4) is 0 Å². The first-order valence-corrected chi connectivity index (χ1v) is 6.19. The molecule has 0 unspecified atom stereocenters. The lowest BCUT2D eigenvalue weighted by Crippen LogP contribution is -2.19. The molecule has 0 aliphatic heterocycles. The fraction of sp³-hybridized carbons (Fsp3) is 0.286. The van der Waals surface area contributed by atoms with Crippen molar-refractivity contribution in [2.45, 2.75) is 6.92 Å². The molecule has 1 N–H and O–H groups in total. The number of hydrogen-bond acceptors (Lipinski definition) is 5. The zero-order valence-corrected chi connectivity index (χ0v) is 11.9. The molecule has 0 heterocycles. The lowest BCUT2D eigenvalue weighted by atomic mass is 10.2. The number of benzene rings is 1. The largest absolute Gasteiger partial charge is 0.478 e. The molecular formula is C14H17N3O4. The Morgan fingerprint density at radius 2 is 2.14 bits per heavy atom. The quantitative estimate of drug-likeness (QED) is 0.360. The summed E-state index contributed by atoms with van der Waals surface area (Å²) < 4.78 is 4.92. The lowest BCUT2D eigenvalue weighted by Gasteiger charge is -2.11. The van der Waals surface area contributed by atoms with Crippen LogP contribution in [0, 0.1) is 0 Å². The highest BCUT2D eigenvalue weighted by atomic mass is 16.5. The van der Waals surface area contributed by atoms with Crippen molar-refractivity contribution in [3.8, 4) is 0 Å². The second-order valence-corrected chi connectivity index (χ2v) is 4.34. The molecule has 0 atom stereocenters. The van der Waals surface area contributed by atoms with Crippen LogP contribution >= 0.6 is 0 Å². The van der Waals surface area contributed by atoms with E-state index in [4.69, 9.17) is 9.84 Å². The minimum Gasteiger partial charge on any atom is -0.478 e. The summed E-state index contributed by atoms with van der Waals surface area (Å²) in [5.41, 5.74) is 0.912. The molecule has 0 aromatic heterocycles. The number of likely N-dealkylation sites (N-methyl/N-ethyl adjacent to an activating group) is 1. The number of esters is 1. The van der Waals surface area contributed by atoms with Crippen molar-refractivity contribution < 1.29 is 19.4 Å². The summed E-state index contributed by atoms with van der Waals surface area (Å²) in [5.74, 6) is -1.47. The molecule has 0 bridgehead atoms. The van der Waals surface area contributed by atoms with Crippen molar-refractivity contribution in [3.63, 3.8) is 0 Å². The van der Waals surface area contributed by atoms with Gasteiger partial charge < -0.3 is 9.84 Å². The second-order valence-electron chi connectivity index (χ2n) is 4.34. The van der Waals surface area contributed by atoms with Gasteiger partial charge in [-0.15, -0.1) is 5.11 Å². The average Bonchev–Trinajstić information content (AvgIpc) is 2.45. The normalized spacial score (nSPS) is 10.4. The molecule has 1 aromatic carbocycles. The van der Waals surface area contributed by atoms with Crippen molar-refractivity contribution in [1.29, 1.82) is 0 Å². The van der Waals surface area contributed by atoms with Crippen LogP contribution in [-0.2, 0) is 9.53 Å². The van der Waals surface area contributed by atoms with Gasteiger partial charge in [-0.1, -0.05) is 17.9 Å².